The number of fused-ring (bicyclic) bond motifs is 1. The smallest absolute Gasteiger partial charge is 0.339 e. The largest absolute Gasteiger partial charge is 0.422 e. The maximum atomic E-state index is 13.6. The number of carbonyl (C=O) groups is 1. The van der Waals surface area contributed by atoms with Crippen molar-refractivity contribution in [2.75, 3.05) is 44.7 Å². The van der Waals surface area contributed by atoms with Gasteiger partial charge >= 0.3 is 12.4 Å². The number of hydrogen-bond donors (Lipinski definition) is 1. The highest BCUT2D eigenvalue weighted by Gasteiger charge is 2.49. The standard InChI is InChI=1S/C23H27F6N7O2/c1-21(2)10-14-16(23(27,28)29)19(38)33-32-17(14)18(21)34(3)5-4-15(37)35-6-8-36(9-7-35)20-30-11-13(12-31-20)22(24,25)26/h11-12,18H,4-10H2,1-3H3,(H,33,38). The minimum Gasteiger partial charge on any atom is -0.339 e. The topological polar surface area (TPSA) is 98.3 Å². The summed E-state index contributed by atoms with van der Waals surface area (Å²) in [6.45, 7) is 5.16. The van der Waals surface area contributed by atoms with Gasteiger partial charge in [-0.25, -0.2) is 15.1 Å². The normalized spacial score (nSPS) is 19.7. The lowest BCUT2D eigenvalue weighted by molar-refractivity contribution is -0.139. The van der Waals surface area contributed by atoms with Crippen molar-refractivity contribution in [1.29, 1.82) is 0 Å². The molecule has 0 bridgehead atoms. The lowest BCUT2D eigenvalue weighted by Gasteiger charge is -2.37. The van der Waals surface area contributed by atoms with Crippen LogP contribution >= 0.6 is 0 Å². The number of aromatic nitrogens is 4. The van der Waals surface area contributed by atoms with E-state index in [0.29, 0.717) is 26.2 Å². The molecule has 3 heterocycles. The summed E-state index contributed by atoms with van der Waals surface area (Å²) < 4.78 is 78.9. The number of halogens is 6. The predicted molar refractivity (Wildman–Crippen MR) is 123 cm³/mol. The molecule has 1 aliphatic carbocycles. The fourth-order valence-electron chi connectivity index (χ4n) is 5.28. The molecule has 4 rings (SSSR count). The van der Waals surface area contributed by atoms with Gasteiger partial charge in [0, 0.05) is 51.5 Å². The average Bonchev–Trinajstić information content (AvgIpc) is 3.10. The zero-order chi connectivity index (χ0) is 28.0. The molecule has 1 fully saturated rings. The number of carbonyl (C=O) groups excluding carboxylic acids is 1. The third-order valence-electron chi connectivity index (χ3n) is 7.03. The highest BCUT2D eigenvalue weighted by atomic mass is 19.4. The number of alkyl halides is 6. The number of piperazine rings is 1. The van der Waals surface area contributed by atoms with Crippen LogP contribution in [0.4, 0.5) is 32.3 Å². The van der Waals surface area contributed by atoms with Crippen LogP contribution in [0.25, 0.3) is 0 Å². The van der Waals surface area contributed by atoms with Gasteiger partial charge in [0.15, 0.2) is 0 Å². The molecule has 1 amide bonds. The SMILES string of the molecule is CN(CCC(=O)N1CCN(c2ncc(C(F)(F)F)cn2)CC1)C1c2n[nH]c(=O)c(C(F)(F)F)c2CC1(C)C. The summed E-state index contributed by atoms with van der Waals surface area (Å²) in [7, 11) is 1.70. The first kappa shape index (κ1) is 27.8. The zero-order valence-corrected chi connectivity index (χ0v) is 20.9. The van der Waals surface area contributed by atoms with Gasteiger partial charge in [-0.15, -0.1) is 0 Å². The number of rotatable bonds is 5. The quantitative estimate of drug-likeness (QED) is 0.575. The van der Waals surface area contributed by atoms with Crippen LogP contribution in [-0.4, -0.2) is 75.6 Å². The van der Waals surface area contributed by atoms with Crippen molar-refractivity contribution in [2.24, 2.45) is 5.41 Å². The van der Waals surface area contributed by atoms with Gasteiger partial charge in [0.1, 0.15) is 5.56 Å². The molecule has 1 saturated heterocycles. The molecule has 15 heteroatoms. The highest BCUT2D eigenvalue weighted by molar-refractivity contribution is 5.76. The van der Waals surface area contributed by atoms with Gasteiger partial charge in [-0.05, 0) is 24.4 Å². The Labute approximate surface area is 213 Å². The second-order valence-electron chi connectivity index (χ2n) is 10.2. The van der Waals surface area contributed by atoms with Gasteiger partial charge in [0.2, 0.25) is 11.9 Å². The summed E-state index contributed by atoms with van der Waals surface area (Å²) in [6.07, 6.45) is -7.77. The maximum absolute atomic E-state index is 13.6. The Kier molecular flexibility index (Phi) is 7.18. The predicted octanol–water partition coefficient (Wildman–Crippen LogP) is 2.89. The van der Waals surface area contributed by atoms with Crippen LogP contribution in [0.3, 0.4) is 0 Å². The van der Waals surface area contributed by atoms with Crippen LogP contribution < -0.4 is 10.5 Å². The molecular formula is C23H27F6N7O2. The molecule has 0 spiro atoms. The van der Waals surface area contributed by atoms with E-state index >= 15 is 0 Å². The lowest BCUT2D eigenvalue weighted by Crippen LogP contribution is -2.49. The van der Waals surface area contributed by atoms with E-state index < -0.39 is 40.5 Å². The second-order valence-corrected chi connectivity index (χ2v) is 10.2. The third kappa shape index (κ3) is 5.47. The van der Waals surface area contributed by atoms with E-state index in [1.54, 1.807) is 35.6 Å². The van der Waals surface area contributed by atoms with Crippen LogP contribution in [0, 0.1) is 5.41 Å². The van der Waals surface area contributed by atoms with Gasteiger partial charge in [-0.3, -0.25) is 14.5 Å². The molecule has 1 N–H and O–H groups in total. The van der Waals surface area contributed by atoms with Crippen molar-refractivity contribution in [3.63, 3.8) is 0 Å². The van der Waals surface area contributed by atoms with E-state index in [0.717, 1.165) is 12.4 Å². The van der Waals surface area contributed by atoms with E-state index in [-0.39, 0.29) is 42.5 Å². The Balaban J connectivity index is 1.36. The summed E-state index contributed by atoms with van der Waals surface area (Å²) in [4.78, 5) is 37.5. The minimum absolute atomic E-state index is 0.0189. The first-order chi connectivity index (χ1) is 17.6. The molecule has 38 heavy (non-hydrogen) atoms. The minimum atomic E-state index is -4.81. The molecule has 9 nitrogen and oxygen atoms in total. The van der Waals surface area contributed by atoms with Gasteiger partial charge in [-0.2, -0.15) is 31.4 Å². The van der Waals surface area contributed by atoms with Crippen molar-refractivity contribution in [2.45, 2.75) is 45.1 Å². The molecule has 0 saturated carbocycles. The number of amides is 1. The fraction of sp³-hybridized carbons (Fsp3) is 0.609. The van der Waals surface area contributed by atoms with E-state index in [4.69, 9.17) is 0 Å². The summed E-state index contributed by atoms with van der Waals surface area (Å²) in [5.74, 6) is -0.0120. The van der Waals surface area contributed by atoms with Crippen molar-refractivity contribution in [3.05, 3.63) is 45.1 Å². The number of nitrogens with zero attached hydrogens (tertiary/aromatic N) is 6. The van der Waals surface area contributed by atoms with Crippen molar-refractivity contribution < 1.29 is 31.1 Å². The Morgan fingerprint density at radius 1 is 1.08 bits per heavy atom. The van der Waals surface area contributed by atoms with E-state index in [1.807, 2.05) is 5.10 Å². The molecule has 0 aromatic carbocycles. The van der Waals surface area contributed by atoms with Crippen molar-refractivity contribution in [1.82, 2.24) is 30.0 Å². The average molecular weight is 548 g/mol. The number of anilines is 1. The Morgan fingerprint density at radius 3 is 2.24 bits per heavy atom. The Bertz CT molecular complexity index is 1230. The number of aromatic amines is 1. The molecule has 0 radical (unpaired) electrons. The molecule has 1 aliphatic heterocycles. The van der Waals surface area contributed by atoms with Crippen molar-refractivity contribution in [3.8, 4) is 0 Å². The molecule has 2 aromatic rings. The number of H-pyrrole nitrogens is 1. The van der Waals surface area contributed by atoms with E-state index in [2.05, 4.69) is 15.1 Å². The third-order valence-corrected chi connectivity index (χ3v) is 7.03. The molecule has 1 atom stereocenters. The van der Waals surface area contributed by atoms with Gasteiger partial charge in [-0.1, -0.05) is 13.8 Å². The lowest BCUT2D eigenvalue weighted by atomic mass is 9.85. The molecule has 2 aromatic heterocycles. The molecule has 2 aliphatic rings. The molecular weight excluding hydrogens is 520 g/mol. The number of nitrogens with one attached hydrogen (secondary N) is 1. The van der Waals surface area contributed by atoms with Crippen LogP contribution in [0.2, 0.25) is 0 Å². The molecule has 208 valence electrons. The Morgan fingerprint density at radius 2 is 1.68 bits per heavy atom. The van der Waals surface area contributed by atoms with Crippen molar-refractivity contribution >= 4 is 11.9 Å². The van der Waals surface area contributed by atoms with Crippen LogP contribution in [0.5, 0.6) is 0 Å². The monoisotopic (exact) mass is 547 g/mol. The molecule has 1 unspecified atom stereocenters. The zero-order valence-electron chi connectivity index (χ0n) is 20.9. The second kappa shape index (κ2) is 9.82. The van der Waals surface area contributed by atoms with Gasteiger partial charge in [0.25, 0.3) is 5.56 Å². The van der Waals surface area contributed by atoms with Crippen LogP contribution in [-0.2, 0) is 23.6 Å². The Hall–Kier alpha value is -3.23. The van der Waals surface area contributed by atoms with Crippen LogP contribution in [0.1, 0.15) is 48.7 Å². The van der Waals surface area contributed by atoms with E-state index in [9.17, 15) is 35.9 Å². The fourth-order valence-corrected chi connectivity index (χ4v) is 5.28. The summed E-state index contributed by atoms with van der Waals surface area (Å²) in [6, 6.07) is -0.545. The highest BCUT2D eigenvalue weighted by Crippen LogP contribution is 2.49. The van der Waals surface area contributed by atoms with Crippen LogP contribution in [0.15, 0.2) is 17.2 Å². The van der Waals surface area contributed by atoms with Gasteiger partial charge in [0.05, 0.1) is 17.3 Å². The summed E-state index contributed by atoms with van der Waals surface area (Å²) in [5.41, 5.74) is -4.06. The maximum Gasteiger partial charge on any atom is 0.422 e. The first-order valence-corrected chi connectivity index (χ1v) is 11.9. The van der Waals surface area contributed by atoms with Gasteiger partial charge < -0.3 is 9.80 Å². The van der Waals surface area contributed by atoms with E-state index in [1.165, 1.54) is 0 Å². The first-order valence-electron chi connectivity index (χ1n) is 11.9. The number of hydrogen-bond acceptors (Lipinski definition) is 7. The summed E-state index contributed by atoms with van der Waals surface area (Å²) in [5, 5.41) is 5.93. The summed E-state index contributed by atoms with van der Waals surface area (Å²) >= 11 is 0.